The van der Waals surface area contributed by atoms with Crippen LogP contribution in [0.5, 0.6) is 5.75 Å². The molecule has 0 aliphatic carbocycles. The van der Waals surface area contributed by atoms with E-state index in [-0.39, 0.29) is 18.3 Å². The summed E-state index contributed by atoms with van der Waals surface area (Å²) in [7, 11) is 1.58. The molecule has 8 heteroatoms. The number of halogens is 3. The van der Waals surface area contributed by atoms with Crippen molar-refractivity contribution < 1.29 is 19.0 Å². The second-order valence-electron chi connectivity index (χ2n) is 9.40. The summed E-state index contributed by atoms with van der Waals surface area (Å²) >= 11 is 12.0. The molecule has 4 rings (SSSR count). The molecule has 194 valence electrons. The van der Waals surface area contributed by atoms with E-state index in [2.05, 4.69) is 21.7 Å². The summed E-state index contributed by atoms with van der Waals surface area (Å²) in [4.78, 5) is 18.1. The first-order chi connectivity index (χ1) is 17.8. The normalized spacial score (nSPS) is 18.7. The summed E-state index contributed by atoms with van der Waals surface area (Å²) in [6, 6.07) is 12.4. The van der Waals surface area contributed by atoms with E-state index in [0.717, 1.165) is 29.4 Å². The van der Waals surface area contributed by atoms with E-state index in [9.17, 15) is 9.90 Å². The fourth-order valence-corrected chi connectivity index (χ4v) is 5.32. The summed E-state index contributed by atoms with van der Waals surface area (Å²) < 4.78 is 20.8. The van der Waals surface area contributed by atoms with Gasteiger partial charge in [0.25, 0.3) is 0 Å². The lowest BCUT2D eigenvalue weighted by atomic mass is 9.79. The molecule has 2 heterocycles. The van der Waals surface area contributed by atoms with E-state index in [1.165, 1.54) is 0 Å². The van der Waals surface area contributed by atoms with Crippen LogP contribution >= 0.6 is 23.2 Å². The molecule has 3 atom stereocenters. The van der Waals surface area contributed by atoms with Crippen LogP contribution in [-0.4, -0.2) is 47.7 Å². The van der Waals surface area contributed by atoms with Gasteiger partial charge in [-0.05, 0) is 85.7 Å². The molecule has 0 spiro atoms. The Labute approximate surface area is 226 Å². The first-order valence-electron chi connectivity index (χ1n) is 12.3. The summed E-state index contributed by atoms with van der Waals surface area (Å²) in [5, 5.41) is 11.2. The Morgan fingerprint density at radius 3 is 2.81 bits per heavy atom. The molecule has 1 aromatic heterocycles. The molecule has 0 radical (unpaired) electrons. The number of hydrogen-bond donors (Lipinski definition) is 1. The van der Waals surface area contributed by atoms with Crippen molar-refractivity contribution in [3.05, 3.63) is 69.8 Å². The zero-order chi connectivity index (χ0) is 26.4. The van der Waals surface area contributed by atoms with Crippen molar-refractivity contribution in [2.45, 2.75) is 31.9 Å². The number of aromatic nitrogens is 1. The topological polar surface area (TPSA) is 62.7 Å². The summed E-state index contributed by atoms with van der Waals surface area (Å²) in [5.74, 6) is 6.15. The molecule has 1 fully saturated rings. The van der Waals surface area contributed by atoms with Crippen molar-refractivity contribution in [2.24, 2.45) is 11.8 Å². The van der Waals surface area contributed by atoms with Gasteiger partial charge in [0.2, 0.25) is 0 Å². The van der Waals surface area contributed by atoms with Gasteiger partial charge in [0, 0.05) is 30.1 Å². The third-order valence-corrected chi connectivity index (χ3v) is 7.72. The van der Waals surface area contributed by atoms with Crippen LogP contribution in [0, 0.1) is 23.7 Å². The number of fused-ring (bicyclic) bond motifs is 1. The summed E-state index contributed by atoms with van der Waals surface area (Å²) in [5.41, 5.74) is 2.09. The Balaban J connectivity index is 1.39. The molecule has 0 amide bonds. The van der Waals surface area contributed by atoms with Crippen LogP contribution < -0.4 is 4.74 Å². The van der Waals surface area contributed by atoms with Crippen molar-refractivity contribution in [1.29, 1.82) is 0 Å². The molecule has 37 heavy (non-hydrogen) atoms. The van der Waals surface area contributed by atoms with Gasteiger partial charge in [0.15, 0.2) is 0 Å². The van der Waals surface area contributed by atoms with Gasteiger partial charge in [-0.25, -0.2) is 4.39 Å². The average Bonchev–Trinajstić information content (AvgIpc) is 2.89. The number of pyridine rings is 1. The third-order valence-electron chi connectivity index (χ3n) is 6.98. The number of benzene rings is 2. The van der Waals surface area contributed by atoms with Crippen LogP contribution in [0.1, 0.15) is 43.0 Å². The number of carbonyl (C=O) groups is 1. The lowest BCUT2D eigenvalue weighted by molar-refractivity contribution is -0.139. The lowest BCUT2D eigenvalue weighted by Gasteiger charge is -2.37. The first-order valence-corrected chi connectivity index (χ1v) is 13.0. The van der Waals surface area contributed by atoms with E-state index < -0.39 is 12.1 Å². The maximum absolute atomic E-state index is 15.5. The standard InChI is InChI=1S/C29H29Cl2FN2O3/c1-37-22-6-9-28-24(17-22)23(10-12-33-28)27(32)8-5-20-11-14-34(18-21(20)16-29(35)36)13-2-3-19-4-7-25(30)26(31)15-19/h4,6-7,9-10,12,15,17,20-21,27H,5,8,11,13-14,16,18H2,1H3,(H,35,36)/t20-,21+,27-/m1/s1. The molecule has 0 saturated carbocycles. The molecule has 0 unspecified atom stereocenters. The summed E-state index contributed by atoms with van der Waals surface area (Å²) in [6.07, 6.45) is 2.28. The number of aliphatic carboxylic acids is 1. The molecule has 1 saturated heterocycles. The van der Waals surface area contributed by atoms with E-state index in [4.69, 9.17) is 27.9 Å². The van der Waals surface area contributed by atoms with Crippen molar-refractivity contribution in [2.75, 3.05) is 26.7 Å². The monoisotopic (exact) mass is 542 g/mol. The van der Waals surface area contributed by atoms with Crippen molar-refractivity contribution in [3.8, 4) is 17.6 Å². The number of methoxy groups -OCH3 is 1. The van der Waals surface area contributed by atoms with Crippen molar-refractivity contribution in [3.63, 3.8) is 0 Å². The zero-order valence-electron chi connectivity index (χ0n) is 20.6. The lowest BCUT2D eigenvalue weighted by Crippen LogP contribution is -2.41. The SMILES string of the molecule is COc1ccc2nccc([C@H](F)CC[C@@H]3CCN(CC#Cc4ccc(Cl)c(Cl)c4)C[C@@H]3CC(=O)O)c2c1. The minimum atomic E-state index is -1.17. The fraction of sp³-hybridized carbons (Fsp3) is 0.379. The number of alkyl halides is 1. The number of likely N-dealkylation sites (tertiary alicyclic amines) is 1. The van der Waals surface area contributed by atoms with Crippen molar-refractivity contribution in [1.82, 2.24) is 9.88 Å². The number of carboxylic acid groups (broad SMARTS) is 1. The second kappa shape index (κ2) is 12.6. The van der Waals surface area contributed by atoms with Gasteiger partial charge in [-0.15, -0.1) is 0 Å². The maximum Gasteiger partial charge on any atom is 0.303 e. The molecule has 1 N–H and O–H groups in total. The number of piperidine rings is 1. The number of ether oxygens (including phenoxy) is 1. The Hall–Kier alpha value is -2.85. The molecule has 1 aliphatic rings. The Bertz CT molecular complexity index is 1320. The number of nitrogens with zero attached hydrogens (tertiary/aromatic N) is 2. The third kappa shape index (κ3) is 7.13. The minimum absolute atomic E-state index is 0.0560. The average molecular weight is 543 g/mol. The van der Waals surface area contributed by atoms with Crippen LogP contribution in [0.2, 0.25) is 10.0 Å². The van der Waals surface area contributed by atoms with E-state index >= 15 is 4.39 Å². The molecule has 3 aromatic rings. The van der Waals surface area contributed by atoms with Crippen LogP contribution in [0.25, 0.3) is 10.9 Å². The molecule has 5 nitrogen and oxygen atoms in total. The zero-order valence-corrected chi connectivity index (χ0v) is 22.1. The summed E-state index contributed by atoms with van der Waals surface area (Å²) in [6.45, 7) is 1.95. The molecule has 1 aliphatic heterocycles. The quantitative estimate of drug-likeness (QED) is 0.317. The van der Waals surface area contributed by atoms with Crippen LogP contribution in [-0.2, 0) is 4.79 Å². The number of rotatable bonds is 8. The second-order valence-corrected chi connectivity index (χ2v) is 10.2. The first kappa shape index (κ1) is 27.2. The fourth-order valence-electron chi connectivity index (χ4n) is 5.03. The highest BCUT2D eigenvalue weighted by molar-refractivity contribution is 6.42. The van der Waals surface area contributed by atoms with Gasteiger partial charge in [-0.3, -0.25) is 14.7 Å². The maximum atomic E-state index is 15.5. The van der Waals surface area contributed by atoms with Crippen molar-refractivity contribution >= 4 is 40.1 Å². The molecule has 2 aromatic carbocycles. The largest absolute Gasteiger partial charge is 0.497 e. The van der Waals surface area contributed by atoms with E-state index in [0.29, 0.717) is 47.3 Å². The number of hydrogen-bond acceptors (Lipinski definition) is 4. The Kier molecular flexibility index (Phi) is 9.26. The molecule has 0 bridgehead atoms. The van der Waals surface area contributed by atoms with Gasteiger partial charge >= 0.3 is 5.97 Å². The predicted octanol–water partition coefficient (Wildman–Crippen LogP) is 6.81. The van der Waals surface area contributed by atoms with Crippen LogP contribution in [0.3, 0.4) is 0 Å². The highest BCUT2D eigenvalue weighted by Gasteiger charge is 2.31. The van der Waals surface area contributed by atoms with Crippen LogP contribution in [0.15, 0.2) is 48.7 Å². The molecular weight excluding hydrogens is 514 g/mol. The smallest absolute Gasteiger partial charge is 0.303 e. The highest BCUT2D eigenvalue weighted by Crippen LogP contribution is 2.36. The predicted molar refractivity (Wildman–Crippen MR) is 145 cm³/mol. The number of carboxylic acids is 1. The Morgan fingerprint density at radius 1 is 1.22 bits per heavy atom. The van der Waals surface area contributed by atoms with Gasteiger partial charge in [0.1, 0.15) is 11.9 Å². The van der Waals surface area contributed by atoms with Crippen LogP contribution in [0.4, 0.5) is 4.39 Å². The van der Waals surface area contributed by atoms with E-state index in [1.54, 1.807) is 31.5 Å². The Morgan fingerprint density at radius 2 is 2.05 bits per heavy atom. The molecular formula is C29H29Cl2FN2O3. The van der Waals surface area contributed by atoms with Gasteiger partial charge in [-0.2, -0.15) is 0 Å². The van der Waals surface area contributed by atoms with Gasteiger partial charge < -0.3 is 9.84 Å². The van der Waals surface area contributed by atoms with E-state index in [1.807, 2.05) is 24.3 Å². The highest BCUT2D eigenvalue weighted by atomic mass is 35.5. The van der Waals surface area contributed by atoms with Gasteiger partial charge in [-0.1, -0.05) is 35.0 Å². The van der Waals surface area contributed by atoms with Gasteiger partial charge in [0.05, 0.1) is 29.2 Å². The minimum Gasteiger partial charge on any atom is -0.497 e.